The fourth-order valence-corrected chi connectivity index (χ4v) is 4.84. The van der Waals surface area contributed by atoms with Crippen LogP contribution in [0.1, 0.15) is 22.8 Å². The molecule has 1 fully saturated rings. The highest BCUT2D eigenvalue weighted by Gasteiger charge is 2.24. The van der Waals surface area contributed by atoms with Crippen LogP contribution in [0.15, 0.2) is 54.6 Å². The summed E-state index contributed by atoms with van der Waals surface area (Å²) < 4.78 is 5.20. The van der Waals surface area contributed by atoms with Gasteiger partial charge in [0.2, 0.25) is 11.8 Å². The maximum absolute atomic E-state index is 12.9. The summed E-state index contributed by atoms with van der Waals surface area (Å²) in [5.41, 5.74) is 4.31. The smallest absolute Gasteiger partial charge is 0.310 e. The first-order valence-corrected chi connectivity index (χ1v) is 12.4. The number of fused-ring (bicyclic) bond motifs is 2. The molecule has 0 aromatic heterocycles. The summed E-state index contributed by atoms with van der Waals surface area (Å²) in [4.78, 5) is 51.7. The van der Waals surface area contributed by atoms with E-state index in [0.29, 0.717) is 54.4 Å². The van der Waals surface area contributed by atoms with Crippen molar-refractivity contribution in [2.75, 3.05) is 43.9 Å². The van der Waals surface area contributed by atoms with Crippen molar-refractivity contribution in [3.8, 4) is 16.9 Å². The molecule has 2 aliphatic rings. The van der Waals surface area contributed by atoms with Crippen molar-refractivity contribution in [1.82, 2.24) is 9.80 Å². The normalized spacial score (nSPS) is 14.4. The molecule has 39 heavy (non-hydrogen) atoms. The van der Waals surface area contributed by atoms with Gasteiger partial charge in [0.25, 0.3) is 5.91 Å². The molecule has 0 radical (unpaired) electrons. The molecule has 3 aromatic carbocycles. The number of amides is 3. The van der Waals surface area contributed by atoms with E-state index in [1.807, 2.05) is 12.1 Å². The van der Waals surface area contributed by atoms with Crippen LogP contribution in [0, 0.1) is 10.1 Å². The third kappa shape index (κ3) is 5.24. The van der Waals surface area contributed by atoms with Gasteiger partial charge in [0, 0.05) is 39.2 Å². The van der Waals surface area contributed by atoms with E-state index in [1.54, 1.807) is 46.2 Å². The number of benzene rings is 3. The summed E-state index contributed by atoms with van der Waals surface area (Å²) in [6, 6.07) is 15.3. The van der Waals surface area contributed by atoms with Crippen molar-refractivity contribution >= 4 is 40.5 Å². The molecule has 2 N–H and O–H groups in total. The Hall–Kier alpha value is -4.93. The summed E-state index contributed by atoms with van der Waals surface area (Å²) in [6.07, 6.45) is 0.193. The SMILES string of the molecule is COc1cc(-c2ccc3c(c2)Nc2cc(CC(=O)N4CCN(C(C)=O)CC4)ccc2NC3=O)ccc1[N+](=O)[O-]. The topological polar surface area (TPSA) is 134 Å². The first-order chi connectivity index (χ1) is 18.7. The summed E-state index contributed by atoms with van der Waals surface area (Å²) in [7, 11) is 1.38. The van der Waals surface area contributed by atoms with Crippen molar-refractivity contribution in [2.24, 2.45) is 0 Å². The molecule has 0 saturated carbocycles. The molecule has 2 aliphatic heterocycles. The molecule has 11 nitrogen and oxygen atoms in total. The van der Waals surface area contributed by atoms with E-state index >= 15 is 0 Å². The van der Waals surface area contributed by atoms with Gasteiger partial charge in [-0.3, -0.25) is 24.5 Å². The van der Waals surface area contributed by atoms with Crippen LogP contribution in [-0.4, -0.2) is 65.7 Å². The Bertz CT molecular complexity index is 1500. The van der Waals surface area contributed by atoms with Gasteiger partial charge in [-0.05, 0) is 53.1 Å². The maximum atomic E-state index is 12.9. The van der Waals surface area contributed by atoms with E-state index in [2.05, 4.69) is 10.6 Å². The van der Waals surface area contributed by atoms with Gasteiger partial charge in [-0.1, -0.05) is 12.1 Å². The number of anilines is 3. The highest BCUT2D eigenvalue weighted by atomic mass is 16.6. The minimum absolute atomic E-state index is 0.0112. The van der Waals surface area contributed by atoms with Gasteiger partial charge < -0.3 is 25.2 Å². The van der Waals surface area contributed by atoms with Crippen molar-refractivity contribution < 1.29 is 24.0 Å². The molecule has 0 spiro atoms. The molecule has 0 bridgehead atoms. The fourth-order valence-electron chi connectivity index (χ4n) is 4.84. The average molecular weight is 530 g/mol. The van der Waals surface area contributed by atoms with E-state index in [1.165, 1.54) is 20.1 Å². The zero-order valence-corrected chi connectivity index (χ0v) is 21.5. The number of methoxy groups -OCH3 is 1. The molecule has 3 amide bonds. The van der Waals surface area contributed by atoms with Gasteiger partial charge in [-0.2, -0.15) is 0 Å². The number of nitro groups is 1. The first kappa shape index (κ1) is 25.7. The predicted molar refractivity (Wildman–Crippen MR) is 145 cm³/mol. The largest absolute Gasteiger partial charge is 0.490 e. The van der Waals surface area contributed by atoms with Gasteiger partial charge >= 0.3 is 5.69 Å². The molecule has 1 saturated heterocycles. The molecule has 0 aliphatic carbocycles. The van der Waals surface area contributed by atoms with Gasteiger partial charge in [0.05, 0.1) is 41.1 Å². The van der Waals surface area contributed by atoms with E-state index in [0.717, 1.165) is 11.1 Å². The monoisotopic (exact) mass is 529 g/mol. The Labute approximate surface area is 224 Å². The lowest BCUT2D eigenvalue weighted by Crippen LogP contribution is -2.50. The van der Waals surface area contributed by atoms with Gasteiger partial charge in [-0.25, -0.2) is 0 Å². The number of carbonyl (C=O) groups is 3. The number of hydrogen-bond acceptors (Lipinski definition) is 7. The van der Waals surface area contributed by atoms with Crippen LogP contribution in [-0.2, 0) is 16.0 Å². The quantitative estimate of drug-likeness (QED) is 0.379. The van der Waals surface area contributed by atoms with E-state index in [9.17, 15) is 24.5 Å². The molecular weight excluding hydrogens is 502 g/mol. The van der Waals surface area contributed by atoms with Crippen LogP contribution >= 0.6 is 0 Å². The van der Waals surface area contributed by atoms with Crippen molar-refractivity contribution in [3.63, 3.8) is 0 Å². The summed E-state index contributed by atoms with van der Waals surface area (Å²) in [5.74, 6) is -0.153. The van der Waals surface area contributed by atoms with Crippen LogP contribution < -0.4 is 15.4 Å². The first-order valence-electron chi connectivity index (χ1n) is 12.4. The van der Waals surface area contributed by atoms with Crippen LogP contribution in [0.3, 0.4) is 0 Å². The molecule has 200 valence electrons. The number of piperazine rings is 1. The Morgan fingerprint density at radius 1 is 0.897 bits per heavy atom. The standard InChI is InChI=1S/C28H27N5O6/c1-17(34)31-9-11-32(12-10-31)27(35)14-18-3-7-22-24(13-18)29-23-15-19(4-6-21(23)28(36)30-22)20-5-8-25(33(37)38)26(16-20)39-2/h3-8,13,15-16,29H,9-12,14H2,1-2H3,(H,30,36). The van der Waals surface area contributed by atoms with Gasteiger partial charge in [0.15, 0.2) is 5.75 Å². The lowest BCUT2D eigenvalue weighted by Gasteiger charge is -2.34. The molecule has 2 heterocycles. The Morgan fingerprint density at radius 3 is 2.28 bits per heavy atom. The van der Waals surface area contributed by atoms with Crippen LogP contribution in [0.25, 0.3) is 11.1 Å². The van der Waals surface area contributed by atoms with Crippen molar-refractivity contribution in [3.05, 3.63) is 75.8 Å². The molecule has 5 rings (SSSR count). The maximum Gasteiger partial charge on any atom is 0.310 e. The van der Waals surface area contributed by atoms with Crippen LogP contribution in [0.5, 0.6) is 5.75 Å². The number of carbonyl (C=O) groups excluding carboxylic acids is 3. The minimum Gasteiger partial charge on any atom is -0.490 e. The second kappa shape index (κ2) is 10.4. The number of nitro benzene ring substituents is 1. The van der Waals surface area contributed by atoms with E-state index < -0.39 is 4.92 Å². The highest BCUT2D eigenvalue weighted by Crippen LogP contribution is 2.37. The molecule has 0 atom stereocenters. The molecule has 3 aromatic rings. The summed E-state index contributed by atoms with van der Waals surface area (Å²) in [5, 5.41) is 17.5. The minimum atomic E-state index is -0.503. The number of rotatable bonds is 5. The number of ether oxygens (including phenoxy) is 1. The van der Waals surface area contributed by atoms with Gasteiger partial charge in [-0.15, -0.1) is 0 Å². The second-order valence-electron chi connectivity index (χ2n) is 9.43. The van der Waals surface area contributed by atoms with Crippen molar-refractivity contribution in [2.45, 2.75) is 13.3 Å². The summed E-state index contributed by atoms with van der Waals surface area (Å²) >= 11 is 0. The van der Waals surface area contributed by atoms with Crippen LogP contribution in [0.4, 0.5) is 22.7 Å². The van der Waals surface area contributed by atoms with Crippen molar-refractivity contribution in [1.29, 1.82) is 0 Å². The Balaban J connectivity index is 1.38. The highest BCUT2D eigenvalue weighted by molar-refractivity contribution is 6.12. The van der Waals surface area contributed by atoms with Gasteiger partial charge in [0.1, 0.15) is 0 Å². The number of nitrogens with one attached hydrogen (secondary N) is 2. The zero-order chi connectivity index (χ0) is 27.7. The summed E-state index contributed by atoms with van der Waals surface area (Å²) in [6.45, 7) is 3.59. The average Bonchev–Trinajstić information content (AvgIpc) is 3.07. The lowest BCUT2D eigenvalue weighted by atomic mass is 10.0. The van der Waals surface area contributed by atoms with Crippen LogP contribution in [0.2, 0.25) is 0 Å². The molecular formula is C28H27N5O6. The second-order valence-corrected chi connectivity index (χ2v) is 9.43. The van der Waals surface area contributed by atoms with E-state index in [-0.39, 0.29) is 35.6 Å². The third-order valence-corrected chi connectivity index (χ3v) is 7.01. The molecule has 11 heteroatoms. The van der Waals surface area contributed by atoms with E-state index in [4.69, 9.17) is 4.74 Å². The number of nitrogens with zero attached hydrogens (tertiary/aromatic N) is 3. The Morgan fingerprint density at radius 2 is 1.59 bits per heavy atom. The zero-order valence-electron chi connectivity index (χ0n) is 21.5. The fraction of sp³-hybridized carbons (Fsp3) is 0.250. The lowest BCUT2D eigenvalue weighted by molar-refractivity contribution is -0.385. The molecule has 0 unspecified atom stereocenters. The Kier molecular flexibility index (Phi) is 6.88. The third-order valence-electron chi connectivity index (χ3n) is 7.01. The number of hydrogen-bond donors (Lipinski definition) is 2. The predicted octanol–water partition coefficient (Wildman–Crippen LogP) is 3.81.